The fourth-order valence-electron chi connectivity index (χ4n) is 3.10. The molecular formula is C16H25FN2O. The third kappa shape index (κ3) is 2.67. The van der Waals surface area contributed by atoms with Crippen molar-refractivity contribution in [3.8, 4) is 5.75 Å². The van der Waals surface area contributed by atoms with E-state index in [-0.39, 0.29) is 23.1 Å². The van der Waals surface area contributed by atoms with Crippen molar-refractivity contribution in [3.05, 3.63) is 29.6 Å². The first-order valence-electron chi connectivity index (χ1n) is 7.37. The standard InChI is InChI=1S/C16H25FN2O/c1-4-16(2,19-9-5-6-10-19)15(18)12-7-8-14(20-3)13(17)11-12/h7-8,11,15H,4-6,9-10,18H2,1-3H3. The van der Waals surface area contributed by atoms with Gasteiger partial charge in [-0.25, -0.2) is 4.39 Å². The molecular weight excluding hydrogens is 255 g/mol. The molecule has 2 atom stereocenters. The van der Waals surface area contributed by atoms with Gasteiger partial charge in [-0.1, -0.05) is 13.0 Å². The van der Waals surface area contributed by atoms with Crippen LogP contribution in [-0.2, 0) is 0 Å². The third-order valence-corrected chi connectivity index (χ3v) is 4.75. The van der Waals surface area contributed by atoms with Crippen molar-refractivity contribution in [2.75, 3.05) is 20.2 Å². The topological polar surface area (TPSA) is 38.5 Å². The first kappa shape index (κ1) is 15.3. The number of nitrogens with two attached hydrogens (primary N) is 1. The first-order valence-corrected chi connectivity index (χ1v) is 7.37. The van der Waals surface area contributed by atoms with Crippen LogP contribution < -0.4 is 10.5 Å². The van der Waals surface area contributed by atoms with Crippen molar-refractivity contribution in [2.24, 2.45) is 5.73 Å². The second-order valence-electron chi connectivity index (χ2n) is 5.78. The summed E-state index contributed by atoms with van der Waals surface area (Å²) in [4.78, 5) is 2.44. The summed E-state index contributed by atoms with van der Waals surface area (Å²) < 4.78 is 18.9. The van der Waals surface area contributed by atoms with E-state index in [0.717, 1.165) is 25.1 Å². The Bertz CT molecular complexity index is 460. The highest BCUT2D eigenvalue weighted by molar-refractivity contribution is 5.32. The number of benzene rings is 1. The maximum atomic E-state index is 13.9. The lowest BCUT2D eigenvalue weighted by atomic mass is 9.83. The summed E-state index contributed by atoms with van der Waals surface area (Å²) in [6, 6.07) is 4.83. The molecule has 0 bridgehead atoms. The first-order chi connectivity index (χ1) is 9.52. The van der Waals surface area contributed by atoms with Gasteiger partial charge in [-0.2, -0.15) is 0 Å². The molecule has 0 saturated carbocycles. The minimum atomic E-state index is -0.347. The van der Waals surface area contributed by atoms with Gasteiger partial charge in [0.2, 0.25) is 0 Å². The normalized spacial score (nSPS) is 20.6. The third-order valence-electron chi connectivity index (χ3n) is 4.75. The second-order valence-corrected chi connectivity index (χ2v) is 5.78. The van der Waals surface area contributed by atoms with Crippen LogP contribution in [0.2, 0.25) is 0 Å². The lowest BCUT2D eigenvalue weighted by molar-refractivity contribution is 0.0998. The fraction of sp³-hybridized carbons (Fsp3) is 0.625. The average Bonchev–Trinajstić information content (AvgIpc) is 3.00. The number of likely N-dealkylation sites (tertiary alicyclic amines) is 1. The lowest BCUT2D eigenvalue weighted by Gasteiger charge is -2.43. The van der Waals surface area contributed by atoms with Gasteiger partial charge in [0.25, 0.3) is 0 Å². The highest BCUT2D eigenvalue weighted by atomic mass is 19.1. The second kappa shape index (κ2) is 6.10. The number of ether oxygens (including phenoxy) is 1. The number of hydrogen-bond donors (Lipinski definition) is 1. The van der Waals surface area contributed by atoms with Gasteiger partial charge < -0.3 is 10.5 Å². The molecule has 0 amide bonds. The molecule has 0 spiro atoms. The van der Waals surface area contributed by atoms with E-state index in [1.54, 1.807) is 6.07 Å². The molecule has 0 radical (unpaired) electrons. The van der Waals surface area contributed by atoms with Crippen LogP contribution in [-0.4, -0.2) is 30.6 Å². The molecule has 1 aliphatic rings. The molecule has 1 heterocycles. The van der Waals surface area contributed by atoms with Crippen LogP contribution >= 0.6 is 0 Å². The number of halogens is 1. The van der Waals surface area contributed by atoms with E-state index < -0.39 is 0 Å². The van der Waals surface area contributed by atoms with Crippen molar-refractivity contribution < 1.29 is 9.13 Å². The minimum absolute atomic E-state index is 0.127. The van der Waals surface area contributed by atoms with E-state index in [1.807, 2.05) is 6.07 Å². The predicted molar refractivity (Wildman–Crippen MR) is 79.4 cm³/mol. The van der Waals surface area contributed by atoms with Gasteiger partial charge in [0.05, 0.1) is 7.11 Å². The zero-order valence-electron chi connectivity index (χ0n) is 12.7. The molecule has 4 heteroatoms. The highest BCUT2D eigenvalue weighted by Gasteiger charge is 2.38. The van der Waals surface area contributed by atoms with Gasteiger partial charge in [0.15, 0.2) is 11.6 Å². The molecule has 1 aliphatic heterocycles. The van der Waals surface area contributed by atoms with Crippen LogP contribution in [0.3, 0.4) is 0 Å². The van der Waals surface area contributed by atoms with Gasteiger partial charge in [-0.05, 0) is 57.0 Å². The predicted octanol–water partition coefficient (Wildman–Crippen LogP) is 3.10. The largest absolute Gasteiger partial charge is 0.494 e. The summed E-state index contributed by atoms with van der Waals surface area (Å²) >= 11 is 0. The van der Waals surface area contributed by atoms with Gasteiger partial charge >= 0.3 is 0 Å². The van der Waals surface area contributed by atoms with E-state index >= 15 is 0 Å². The zero-order chi connectivity index (χ0) is 14.8. The summed E-state index contributed by atoms with van der Waals surface area (Å²) in [5, 5.41) is 0. The van der Waals surface area contributed by atoms with Crippen LogP contribution in [0.1, 0.15) is 44.7 Å². The smallest absolute Gasteiger partial charge is 0.165 e. The molecule has 1 saturated heterocycles. The number of nitrogens with zero attached hydrogens (tertiary/aromatic N) is 1. The molecule has 2 rings (SSSR count). The van der Waals surface area contributed by atoms with Crippen LogP contribution in [0.15, 0.2) is 18.2 Å². The Morgan fingerprint density at radius 1 is 1.40 bits per heavy atom. The molecule has 3 nitrogen and oxygen atoms in total. The summed E-state index contributed by atoms with van der Waals surface area (Å²) in [7, 11) is 1.47. The number of hydrogen-bond acceptors (Lipinski definition) is 3. The Morgan fingerprint density at radius 3 is 2.55 bits per heavy atom. The molecule has 20 heavy (non-hydrogen) atoms. The molecule has 1 fully saturated rings. The van der Waals surface area contributed by atoms with Crippen molar-refractivity contribution in [1.29, 1.82) is 0 Å². The van der Waals surface area contributed by atoms with Crippen molar-refractivity contribution in [3.63, 3.8) is 0 Å². The Morgan fingerprint density at radius 2 is 2.05 bits per heavy atom. The van der Waals surface area contributed by atoms with Gasteiger partial charge in [0.1, 0.15) is 0 Å². The maximum Gasteiger partial charge on any atom is 0.165 e. The van der Waals surface area contributed by atoms with E-state index in [0.29, 0.717) is 0 Å². The Hall–Kier alpha value is -1.13. The summed E-state index contributed by atoms with van der Waals surface area (Å²) in [6.07, 6.45) is 3.39. The van der Waals surface area contributed by atoms with Crippen LogP contribution in [0, 0.1) is 5.82 Å². The van der Waals surface area contributed by atoms with Crippen LogP contribution in [0.25, 0.3) is 0 Å². The molecule has 1 aromatic rings. The van der Waals surface area contributed by atoms with E-state index in [9.17, 15) is 4.39 Å². The SMILES string of the molecule is CCC(C)(C(N)c1ccc(OC)c(F)c1)N1CCCC1. The Kier molecular flexibility index (Phi) is 4.66. The van der Waals surface area contributed by atoms with Gasteiger partial charge in [-0.15, -0.1) is 0 Å². The maximum absolute atomic E-state index is 13.9. The van der Waals surface area contributed by atoms with Crippen LogP contribution in [0.4, 0.5) is 4.39 Å². The molecule has 2 N–H and O–H groups in total. The minimum Gasteiger partial charge on any atom is -0.494 e. The summed E-state index contributed by atoms with van der Waals surface area (Å²) in [6.45, 7) is 6.50. The Balaban J connectivity index is 2.27. The molecule has 112 valence electrons. The number of methoxy groups -OCH3 is 1. The number of rotatable bonds is 5. The van der Waals surface area contributed by atoms with E-state index in [4.69, 9.17) is 10.5 Å². The van der Waals surface area contributed by atoms with E-state index in [2.05, 4.69) is 18.7 Å². The van der Waals surface area contributed by atoms with Gasteiger partial charge in [-0.3, -0.25) is 4.90 Å². The molecule has 0 aromatic heterocycles. The quantitative estimate of drug-likeness (QED) is 0.900. The van der Waals surface area contributed by atoms with Crippen molar-refractivity contribution in [2.45, 2.75) is 44.7 Å². The zero-order valence-corrected chi connectivity index (χ0v) is 12.7. The monoisotopic (exact) mass is 280 g/mol. The van der Waals surface area contributed by atoms with Crippen molar-refractivity contribution in [1.82, 2.24) is 4.90 Å². The van der Waals surface area contributed by atoms with Crippen LogP contribution in [0.5, 0.6) is 5.75 Å². The highest BCUT2D eigenvalue weighted by Crippen LogP contribution is 2.35. The lowest BCUT2D eigenvalue weighted by Crippen LogP contribution is -2.51. The van der Waals surface area contributed by atoms with E-state index in [1.165, 1.54) is 26.0 Å². The van der Waals surface area contributed by atoms with Gasteiger partial charge in [0, 0.05) is 11.6 Å². The summed E-state index contributed by atoms with van der Waals surface area (Å²) in [5.74, 6) is -0.0827. The molecule has 1 aromatic carbocycles. The van der Waals surface area contributed by atoms with Crippen molar-refractivity contribution >= 4 is 0 Å². The fourth-order valence-corrected chi connectivity index (χ4v) is 3.10. The summed E-state index contributed by atoms with van der Waals surface area (Å²) in [5.41, 5.74) is 7.18. The Labute approximate surface area is 120 Å². The molecule has 0 aliphatic carbocycles. The molecule has 2 unspecified atom stereocenters. The average molecular weight is 280 g/mol.